The Morgan fingerprint density at radius 1 is 0.121 bits per heavy atom. The van der Waals surface area contributed by atoms with Crippen molar-refractivity contribution in [2.75, 3.05) is 0 Å². The van der Waals surface area contributed by atoms with Gasteiger partial charge in [0.2, 0.25) is 0 Å². The summed E-state index contributed by atoms with van der Waals surface area (Å²) in [6.07, 6.45) is 0. The molecule has 0 aliphatic carbocycles. The third-order valence-electron chi connectivity index (χ3n) is 31.7. The molecule has 149 heavy (non-hydrogen) atoms. The highest BCUT2D eigenvalue weighted by Crippen LogP contribution is 2.52. The van der Waals surface area contributed by atoms with Gasteiger partial charge in [-0.15, -0.1) is 0 Å². The largest absolute Gasteiger partial charge is 0.292 e. The second-order valence-corrected chi connectivity index (χ2v) is 39.8. The number of fused-ring (bicyclic) bond motifs is 38. The minimum atomic E-state index is 0.992. The van der Waals surface area contributed by atoms with Crippen LogP contribution in [0.1, 0.15) is 0 Å². The predicted octanol–water partition coefficient (Wildman–Crippen LogP) is 38.7. The number of nitrogens with zero attached hydrogens (tertiary/aromatic N) is 6. The molecule has 0 radical (unpaired) electrons. The Balaban J connectivity index is 0.000000103. The highest BCUT2D eigenvalue weighted by Gasteiger charge is 2.27. The maximum atomic E-state index is 5.21. The lowest BCUT2D eigenvalue weighted by molar-refractivity contribution is 1.32. The van der Waals surface area contributed by atoms with Gasteiger partial charge in [0.1, 0.15) is 16.9 Å². The Labute approximate surface area is 855 Å². The van der Waals surface area contributed by atoms with Gasteiger partial charge in [0.05, 0.1) is 49.7 Å². The molecule has 33 rings (SSSR count). The first-order chi connectivity index (χ1) is 73.9. The van der Waals surface area contributed by atoms with E-state index in [9.17, 15) is 0 Å². The molecule has 6 heteroatoms. The van der Waals surface area contributed by atoms with Crippen LogP contribution in [-0.2, 0) is 0 Å². The van der Waals surface area contributed by atoms with Crippen molar-refractivity contribution in [3.05, 3.63) is 522 Å². The van der Waals surface area contributed by atoms with Gasteiger partial charge < -0.3 is 0 Å². The Bertz CT molecular complexity index is 11500. The van der Waals surface area contributed by atoms with Crippen molar-refractivity contribution in [1.82, 2.24) is 28.2 Å². The van der Waals surface area contributed by atoms with Gasteiger partial charge >= 0.3 is 0 Å². The fourth-order valence-corrected chi connectivity index (χ4v) is 25.0. The van der Waals surface area contributed by atoms with Crippen LogP contribution in [0, 0.1) is 0 Å². The molecule has 0 saturated heterocycles. The van der Waals surface area contributed by atoms with Gasteiger partial charge in [-0.2, -0.15) is 0 Å². The number of hydrogen-bond acceptors (Lipinski definition) is 3. The summed E-state index contributed by atoms with van der Waals surface area (Å²) in [5, 5.41) is 38.4. The van der Waals surface area contributed by atoms with Gasteiger partial charge in [0.25, 0.3) is 0 Å². The topological polar surface area (TPSA) is 51.9 Å². The summed E-state index contributed by atoms with van der Waals surface area (Å²) in [6.45, 7) is 0. The van der Waals surface area contributed by atoms with Crippen molar-refractivity contribution in [2.24, 2.45) is 0 Å². The van der Waals surface area contributed by atoms with Crippen LogP contribution >= 0.6 is 0 Å². The Hall–Kier alpha value is -19.8. The molecule has 6 heterocycles. The third-order valence-corrected chi connectivity index (χ3v) is 31.7. The molecule has 0 aliphatic heterocycles. The molecule has 0 aliphatic rings. The van der Waals surface area contributed by atoms with Gasteiger partial charge in [0.15, 0.2) is 0 Å². The van der Waals surface area contributed by atoms with Gasteiger partial charge in [-0.05, 0) is 318 Å². The number of hydrogen-bond donors (Lipinski definition) is 0. The van der Waals surface area contributed by atoms with E-state index in [4.69, 9.17) is 15.0 Å². The van der Waals surface area contributed by atoms with Gasteiger partial charge in [-0.25, -0.2) is 15.0 Å². The molecule has 0 fully saturated rings. The van der Waals surface area contributed by atoms with E-state index < -0.39 is 0 Å². The summed E-state index contributed by atoms with van der Waals surface area (Å²) in [5.74, 6) is 0. The van der Waals surface area contributed by atoms with E-state index in [1.807, 2.05) is 0 Å². The summed E-state index contributed by atoms with van der Waals surface area (Å²) in [5.41, 5.74) is 30.1. The Morgan fingerprint density at radius 3 is 0.772 bits per heavy atom. The van der Waals surface area contributed by atoms with Gasteiger partial charge in [-0.1, -0.05) is 400 Å². The van der Waals surface area contributed by atoms with Crippen LogP contribution in [0.5, 0.6) is 0 Å². The molecule has 0 N–H and O–H groups in total. The van der Waals surface area contributed by atoms with Gasteiger partial charge in [-0.3, -0.25) is 13.2 Å². The third kappa shape index (κ3) is 13.2. The van der Waals surface area contributed by atoms with Crippen molar-refractivity contribution in [2.45, 2.75) is 0 Å². The van der Waals surface area contributed by atoms with Crippen LogP contribution in [0.2, 0.25) is 0 Å². The SMILES string of the molecule is c1cc(-c2ccc3ccccc3c2)cc(-c2ccc3c(c2)c2c4ccccc4ccc2c2nc4ccccc4n32)c1.c1ccc2c(-c3c4ccccc4c(-c4ccc5c(c4)c4c6ccccc6ccc4c4nc6ccccc6n54)c4ccccc34)cccc2c1.c1ccc2cc(-c3c4ccccc4c(-c4ccc5ccccc5c4)c4cc(-c5ccc6c(c5)c5c7ccccc7ccc5c5nc7ccccc7n65)ccc34)ccc2c1. The maximum Gasteiger partial charge on any atom is 0.146 e. The Morgan fingerprint density at radius 2 is 0.362 bits per heavy atom. The molecule has 6 aromatic heterocycles. The van der Waals surface area contributed by atoms with Crippen LogP contribution in [0.4, 0.5) is 0 Å². The average Bonchev–Trinajstić information content (AvgIpc) is 1.59. The smallest absolute Gasteiger partial charge is 0.146 e. The van der Waals surface area contributed by atoms with E-state index >= 15 is 0 Å². The number of pyridine rings is 3. The molecule has 27 aromatic carbocycles. The summed E-state index contributed by atoms with van der Waals surface area (Å²) in [7, 11) is 0. The van der Waals surface area contributed by atoms with Crippen molar-refractivity contribution < 1.29 is 0 Å². The number of benzene rings is 27. The first kappa shape index (κ1) is 83.8. The van der Waals surface area contributed by atoms with Crippen LogP contribution in [0.25, 0.3) is 311 Å². The van der Waals surface area contributed by atoms with E-state index in [-0.39, 0.29) is 0 Å². The highest BCUT2D eigenvalue weighted by atomic mass is 15.0. The van der Waals surface area contributed by atoms with E-state index in [0.29, 0.717) is 0 Å². The van der Waals surface area contributed by atoms with E-state index in [2.05, 4.69) is 535 Å². The zero-order chi connectivity index (χ0) is 97.6. The zero-order valence-electron chi connectivity index (χ0n) is 80.8. The first-order valence-electron chi connectivity index (χ1n) is 51.3. The highest BCUT2D eigenvalue weighted by molar-refractivity contribution is 6.31. The molecule has 0 amide bonds. The lowest BCUT2D eigenvalue weighted by Crippen LogP contribution is -1.94. The monoisotopic (exact) mass is 1890 g/mol. The minimum absolute atomic E-state index is 0.992. The molecule has 0 saturated carbocycles. The minimum Gasteiger partial charge on any atom is -0.292 e. The molecular formula is C143H86N6. The number of aromatic nitrogens is 6. The number of para-hydroxylation sites is 6. The molecule has 0 unspecified atom stereocenters. The number of imidazole rings is 3. The van der Waals surface area contributed by atoms with Crippen molar-refractivity contribution in [1.29, 1.82) is 0 Å². The molecule has 0 spiro atoms. The summed E-state index contributed by atoms with van der Waals surface area (Å²) in [4.78, 5) is 15.5. The quantitative estimate of drug-likeness (QED) is 0.118. The molecule has 6 nitrogen and oxygen atoms in total. The van der Waals surface area contributed by atoms with E-state index in [1.54, 1.807) is 0 Å². The van der Waals surface area contributed by atoms with Crippen LogP contribution in [0.3, 0.4) is 0 Å². The molecule has 688 valence electrons. The van der Waals surface area contributed by atoms with Crippen molar-refractivity contribution in [3.63, 3.8) is 0 Å². The first-order valence-corrected chi connectivity index (χ1v) is 51.3. The molecule has 0 atom stereocenters. The second kappa shape index (κ2) is 33.4. The Kier molecular flexibility index (Phi) is 18.8. The van der Waals surface area contributed by atoms with Crippen LogP contribution in [0.15, 0.2) is 522 Å². The lowest BCUT2D eigenvalue weighted by Gasteiger charge is -2.19. The molecule has 0 bridgehead atoms. The maximum absolute atomic E-state index is 5.21. The lowest BCUT2D eigenvalue weighted by atomic mass is 9.84. The van der Waals surface area contributed by atoms with Crippen LogP contribution < -0.4 is 0 Å². The standard InChI is InChI=1S/C57H34N2.C47H28N2.C39H24N2/c1-3-14-38-31-42(23-21-35(38)11-1)54-45-17-7-8-18-46(45)55(43-24-22-36-12-2-4-15-39(36)32-43)49-33-40(26-28-47(49)54)41-27-30-52-50(34-41)56-44-16-6-5-13-37(44)25-29-48(56)57-58-51-19-9-10-20-53(51)59(52)57;1-3-15-32-29(12-1)14-11-21-34(32)46-37-19-7-5-17-35(37)44(36-18-6-8-20-38(36)46)31-25-27-42-40(28-31)45-33-16-4-2-13-30(33)24-26-39(45)47-48-41-22-9-10-23-43(41)49(42)47;1-2-10-27-22-30(17-16-25(27)8-1)28-11-7-12-29(23-28)31-19-21-36-34(24-31)38-32-13-4-3-9-26(32)18-20-33(38)39-40-35-14-5-6-15-37(35)41(36)39/h1-34H;1-28H;1-24H. The van der Waals surface area contributed by atoms with Gasteiger partial charge in [0, 0.05) is 48.5 Å². The van der Waals surface area contributed by atoms with Crippen molar-refractivity contribution in [3.8, 4) is 77.9 Å². The number of rotatable bonds is 7. The fourth-order valence-electron chi connectivity index (χ4n) is 25.0. The van der Waals surface area contributed by atoms with Crippen molar-refractivity contribution >= 4 is 234 Å². The predicted molar refractivity (Wildman–Crippen MR) is 634 cm³/mol. The molecular weight excluding hydrogens is 1800 g/mol. The average molecular weight is 1890 g/mol. The molecule has 33 aromatic rings. The second-order valence-electron chi connectivity index (χ2n) is 39.8. The van der Waals surface area contributed by atoms with E-state index in [1.165, 1.54) is 245 Å². The van der Waals surface area contributed by atoms with Crippen LogP contribution in [-0.4, -0.2) is 28.2 Å². The fraction of sp³-hybridized carbons (Fsp3) is 0. The summed E-state index contributed by atoms with van der Waals surface area (Å²) in [6, 6.07) is 191. The zero-order valence-corrected chi connectivity index (χ0v) is 80.8. The summed E-state index contributed by atoms with van der Waals surface area (Å²) < 4.78 is 7.04. The summed E-state index contributed by atoms with van der Waals surface area (Å²) >= 11 is 0. The van der Waals surface area contributed by atoms with E-state index in [0.717, 1.165) is 66.5 Å². The normalized spacial score (nSPS) is 12.0.